The Bertz CT molecular complexity index is 483. The molecular weight excluding hydrogens is 210 g/mol. The van der Waals surface area contributed by atoms with Crippen LogP contribution in [0.1, 0.15) is 45.3 Å². The van der Waals surface area contributed by atoms with Gasteiger partial charge in [0, 0.05) is 35.8 Å². The van der Waals surface area contributed by atoms with Gasteiger partial charge in [0.05, 0.1) is 5.69 Å². The number of aromatic nitrogens is 3. The maximum Gasteiger partial charge on any atom is 0.0728 e. The van der Waals surface area contributed by atoms with Crippen molar-refractivity contribution < 1.29 is 0 Å². The first-order valence-electron chi connectivity index (χ1n) is 6.09. The van der Waals surface area contributed by atoms with Crippen LogP contribution < -0.4 is 0 Å². The second-order valence-electron chi connectivity index (χ2n) is 4.90. The predicted octanol–water partition coefficient (Wildman–Crippen LogP) is 3.65. The molecular formula is C14H19N3. The Morgan fingerprint density at radius 3 is 2.47 bits per heavy atom. The molecule has 0 unspecified atom stereocenters. The fourth-order valence-corrected chi connectivity index (χ4v) is 1.84. The molecule has 17 heavy (non-hydrogen) atoms. The third-order valence-electron chi connectivity index (χ3n) is 2.81. The third-order valence-corrected chi connectivity index (χ3v) is 2.81. The van der Waals surface area contributed by atoms with Crippen LogP contribution in [-0.4, -0.2) is 14.8 Å². The average molecular weight is 229 g/mol. The molecule has 0 spiro atoms. The van der Waals surface area contributed by atoms with Crippen molar-refractivity contribution in [3.05, 3.63) is 36.4 Å². The van der Waals surface area contributed by atoms with Gasteiger partial charge in [0.15, 0.2) is 0 Å². The second kappa shape index (κ2) is 4.70. The first kappa shape index (κ1) is 11.8. The number of pyridine rings is 1. The molecule has 3 nitrogen and oxygen atoms in total. The topological polar surface area (TPSA) is 30.7 Å². The SMILES string of the molecule is CC(C)c1nn(C(C)C)cc1-c1cccnc1. The summed E-state index contributed by atoms with van der Waals surface area (Å²) in [6.45, 7) is 8.63. The molecule has 0 aliphatic carbocycles. The van der Waals surface area contributed by atoms with Crippen molar-refractivity contribution in [2.75, 3.05) is 0 Å². The molecule has 0 saturated carbocycles. The van der Waals surface area contributed by atoms with E-state index in [0.717, 1.165) is 11.3 Å². The van der Waals surface area contributed by atoms with Gasteiger partial charge in [-0.3, -0.25) is 9.67 Å². The largest absolute Gasteiger partial charge is 0.269 e. The molecule has 0 fully saturated rings. The van der Waals surface area contributed by atoms with E-state index in [4.69, 9.17) is 0 Å². The molecule has 2 aromatic rings. The van der Waals surface area contributed by atoms with E-state index in [-0.39, 0.29) is 0 Å². The fourth-order valence-electron chi connectivity index (χ4n) is 1.84. The van der Waals surface area contributed by atoms with E-state index in [1.165, 1.54) is 5.56 Å². The number of hydrogen-bond donors (Lipinski definition) is 0. The molecule has 2 aromatic heterocycles. The molecule has 0 atom stereocenters. The molecule has 0 aliphatic rings. The van der Waals surface area contributed by atoms with E-state index >= 15 is 0 Å². The summed E-state index contributed by atoms with van der Waals surface area (Å²) in [4.78, 5) is 4.18. The van der Waals surface area contributed by atoms with Crippen molar-refractivity contribution in [1.29, 1.82) is 0 Å². The molecule has 0 N–H and O–H groups in total. The Morgan fingerprint density at radius 2 is 1.94 bits per heavy atom. The van der Waals surface area contributed by atoms with Gasteiger partial charge in [-0.2, -0.15) is 5.10 Å². The zero-order valence-electron chi connectivity index (χ0n) is 10.9. The highest BCUT2D eigenvalue weighted by Crippen LogP contribution is 2.28. The van der Waals surface area contributed by atoms with E-state index in [2.05, 4.69) is 50.0 Å². The lowest BCUT2D eigenvalue weighted by Gasteiger charge is -2.05. The van der Waals surface area contributed by atoms with E-state index < -0.39 is 0 Å². The number of nitrogens with zero attached hydrogens (tertiary/aromatic N) is 3. The van der Waals surface area contributed by atoms with Gasteiger partial charge >= 0.3 is 0 Å². The molecule has 0 bridgehead atoms. The Morgan fingerprint density at radius 1 is 1.18 bits per heavy atom. The van der Waals surface area contributed by atoms with Crippen LogP contribution in [0.25, 0.3) is 11.1 Å². The Labute approximate surface area is 103 Å². The first-order valence-corrected chi connectivity index (χ1v) is 6.09. The summed E-state index contributed by atoms with van der Waals surface area (Å²) < 4.78 is 2.03. The quantitative estimate of drug-likeness (QED) is 0.804. The third kappa shape index (κ3) is 2.38. The highest BCUT2D eigenvalue weighted by molar-refractivity contribution is 5.64. The first-order chi connectivity index (χ1) is 8.09. The highest BCUT2D eigenvalue weighted by Gasteiger charge is 2.15. The van der Waals surface area contributed by atoms with Crippen molar-refractivity contribution in [2.24, 2.45) is 0 Å². The van der Waals surface area contributed by atoms with Crippen LogP contribution in [0, 0.1) is 0 Å². The van der Waals surface area contributed by atoms with Gasteiger partial charge < -0.3 is 0 Å². The molecule has 0 amide bonds. The van der Waals surface area contributed by atoms with Gasteiger partial charge in [0.25, 0.3) is 0 Å². The maximum absolute atomic E-state index is 4.67. The Kier molecular flexibility index (Phi) is 3.27. The van der Waals surface area contributed by atoms with Crippen molar-refractivity contribution in [3.63, 3.8) is 0 Å². The monoisotopic (exact) mass is 229 g/mol. The van der Waals surface area contributed by atoms with Crippen molar-refractivity contribution >= 4 is 0 Å². The smallest absolute Gasteiger partial charge is 0.0728 e. The second-order valence-corrected chi connectivity index (χ2v) is 4.90. The van der Waals surface area contributed by atoms with Crippen LogP contribution in [0.15, 0.2) is 30.7 Å². The van der Waals surface area contributed by atoms with Gasteiger partial charge in [-0.25, -0.2) is 0 Å². The zero-order valence-corrected chi connectivity index (χ0v) is 10.9. The molecule has 2 heterocycles. The summed E-state index contributed by atoms with van der Waals surface area (Å²) >= 11 is 0. The van der Waals surface area contributed by atoms with E-state index in [1.807, 2.05) is 16.9 Å². The summed E-state index contributed by atoms with van der Waals surface area (Å²) in [5, 5.41) is 4.67. The lowest BCUT2D eigenvalue weighted by molar-refractivity contribution is 0.523. The zero-order chi connectivity index (χ0) is 12.4. The van der Waals surface area contributed by atoms with E-state index in [0.29, 0.717) is 12.0 Å². The molecule has 3 heteroatoms. The minimum Gasteiger partial charge on any atom is -0.269 e. The van der Waals surface area contributed by atoms with Crippen LogP contribution in [0.2, 0.25) is 0 Å². The van der Waals surface area contributed by atoms with E-state index in [1.54, 1.807) is 6.20 Å². The molecule has 0 aliphatic heterocycles. The van der Waals surface area contributed by atoms with Crippen LogP contribution in [0.3, 0.4) is 0 Å². The van der Waals surface area contributed by atoms with Crippen molar-refractivity contribution in [1.82, 2.24) is 14.8 Å². The maximum atomic E-state index is 4.67. The molecule has 0 aromatic carbocycles. The molecule has 2 rings (SSSR count). The highest BCUT2D eigenvalue weighted by atomic mass is 15.3. The summed E-state index contributed by atoms with van der Waals surface area (Å²) in [5.41, 5.74) is 3.48. The van der Waals surface area contributed by atoms with E-state index in [9.17, 15) is 0 Å². The summed E-state index contributed by atoms with van der Waals surface area (Å²) in [5.74, 6) is 0.421. The van der Waals surface area contributed by atoms with Gasteiger partial charge in [-0.1, -0.05) is 19.9 Å². The standard InChI is InChI=1S/C14H19N3/c1-10(2)14-13(9-17(16-14)11(3)4)12-6-5-7-15-8-12/h5-11H,1-4H3. The average Bonchev–Trinajstić information content (AvgIpc) is 2.75. The van der Waals surface area contributed by atoms with Gasteiger partial charge in [0.2, 0.25) is 0 Å². The van der Waals surface area contributed by atoms with Crippen LogP contribution >= 0.6 is 0 Å². The van der Waals surface area contributed by atoms with Crippen LogP contribution in [-0.2, 0) is 0 Å². The van der Waals surface area contributed by atoms with Gasteiger partial charge in [-0.05, 0) is 25.8 Å². The number of hydrogen-bond acceptors (Lipinski definition) is 2. The summed E-state index contributed by atoms with van der Waals surface area (Å²) in [7, 11) is 0. The van der Waals surface area contributed by atoms with Crippen molar-refractivity contribution in [2.45, 2.75) is 39.7 Å². The summed E-state index contributed by atoms with van der Waals surface area (Å²) in [6, 6.07) is 4.44. The lowest BCUT2D eigenvalue weighted by Crippen LogP contribution is -2.02. The predicted molar refractivity (Wildman–Crippen MR) is 69.9 cm³/mol. The van der Waals surface area contributed by atoms with Crippen molar-refractivity contribution in [3.8, 4) is 11.1 Å². The lowest BCUT2D eigenvalue weighted by atomic mass is 10.0. The summed E-state index contributed by atoms with van der Waals surface area (Å²) in [6.07, 6.45) is 5.82. The molecule has 0 saturated heterocycles. The fraction of sp³-hybridized carbons (Fsp3) is 0.429. The van der Waals surface area contributed by atoms with Gasteiger partial charge in [0.1, 0.15) is 0 Å². The molecule has 90 valence electrons. The Hall–Kier alpha value is -1.64. The van der Waals surface area contributed by atoms with Gasteiger partial charge in [-0.15, -0.1) is 0 Å². The number of rotatable bonds is 3. The normalized spacial score (nSPS) is 11.4. The minimum atomic E-state index is 0.387. The Balaban J connectivity index is 2.52. The van der Waals surface area contributed by atoms with Crippen LogP contribution in [0.5, 0.6) is 0 Å². The minimum absolute atomic E-state index is 0.387. The molecule has 0 radical (unpaired) electrons. The van der Waals surface area contributed by atoms with Crippen LogP contribution in [0.4, 0.5) is 0 Å².